The van der Waals surface area contributed by atoms with Crippen molar-refractivity contribution in [1.29, 1.82) is 0 Å². The average molecular weight is 487 g/mol. The molecule has 3 aromatic carbocycles. The van der Waals surface area contributed by atoms with E-state index in [-0.39, 0.29) is 10.8 Å². The van der Waals surface area contributed by atoms with Gasteiger partial charge in [-0.2, -0.15) is 0 Å². The van der Waals surface area contributed by atoms with Crippen LogP contribution in [0.2, 0.25) is 0 Å². The summed E-state index contributed by atoms with van der Waals surface area (Å²) in [5.41, 5.74) is 2.64. The summed E-state index contributed by atoms with van der Waals surface area (Å²) in [5.74, 6) is 3.18. The third-order valence-corrected chi connectivity index (χ3v) is 6.75. The Balaban J connectivity index is 1.46. The lowest BCUT2D eigenvalue weighted by atomic mass is 9.77. The lowest BCUT2D eigenvalue weighted by Gasteiger charge is -2.28. The Morgan fingerprint density at radius 3 is 2.20 bits per heavy atom. The topological polar surface area (TPSA) is 9.23 Å². The molecule has 0 spiro atoms. The van der Waals surface area contributed by atoms with Gasteiger partial charge in [-0.1, -0.05) is 56.2 Å². The minimum absolute atomic E-state index is 0.103. The molecule has 0 bridgehead atoms. The Bertz CT molecular complexity index is 1230. The van der Waals surface area contributed by atoms with Gasteiger partial charge < -0.3 is 4.74 Å². The van der Waals surface area contributed by atoms with E-state index in [0.717, 1.165) is 17.5 Å². The molecule has 4 rings (SSSR count). The Morgan fingerprint density at radius 2 is 1.54 bits per heavy atom. The first-order chi connectivity index (χ1) is 16.7. The van der Waals surface area contributed by atoms with Crippen LogP contribution in [0.5, 0.6) is 5.75 Å². The van der Waals surface area contributed by atoms with Gasteiger partial charge in [-0.05, 0) is 78.8 Å². The van der Waals surface area contributed by atoms with Crippen molar-refractivity contribution in [1.82, 2.24) is 0 Å². The van der Waals surface area contributed by atoms with E-state index in [0.29, 0.717) is 11.5 Å². The monoisotopic (exact) mass is 486 g/mol. The van der Waals surface area contributed by atoms with Gasteiger partial charge in [0.25, 0.3) is 0 Å². The third-order valence-electron chi connectivity index (χ3n) is 6.75. The van der Waals surface area contributed by atoms with Crippen molar-refractivity contribution in [3.05, 3.63) is 76.9 Å². The standard InChI is InChI=1S/C29H27F5O/c1-2-3-4-19-7-12-22(13-8-19)23-14-9-20(10-15-23)5-6-21-11-16-25-24(17-21)18-26(30)28(27(25)31)35-29(32,33)34/h9-11,14-19,22H,2-4,7-8,12-13H2,1H3. The van der Waals surface area contributed by atoms with Crippen molar-refractivity contribution >= 4 is 10.8 Å². The molecule has 0 aromatic heterocycles. The van der Waals surface area contributed by atoms with E-state index in [2.05, 4.69) is 35.6 Å². The van der Waals surface area contributed by atoms with Crippen LogP contribution in [0.1, 0.15) is 74.5 Å². The van der Waals surface area contributed by atoms with E-state index in [4.69, 9.17) is 0 Å². The van der Waals surface area contributed by atoms with Gasteiger partial charge in [0.05, 0.1) is 0 Å². The van der Waals surface area contributed by atoms with Crippen LogP contribution in [0.15, 0.2) is 48.5 Å². The molecule has 0 N–H and O–H groups in total. The second kappa shape index (κ2) is 10.7. The molecule has 1 fully saturated rings. The molecule has 184 valence electrons. The van der Waals surface area contributed by atoms with Crippen LogP contribution in [-0.4, -0.2) is 6.36 Å². The Morgan fingerprint density at radius 1 is 0.886 bits per heavy atom. The highest BCUT2D eigenvalue weighted by molar-refractivity contribution is 5.86. The zero-order chi connectivity index (χ0) is 25.0. The van der Waals surface area contributed by atoms with Gasteiger partial charge in [0, 0.05) is 16.5 Å². The molecule has 6 heteroatoms. The molecule has 1 nitrogen and oxygen atoms in total. The summed E-state index contributed by atoms with van der Waals surface area (Å²) >= 11 is 0. The highest BCUT2D eigenvalue weighted by Gasteiger charge is 2.34. The van der Waals surface area contributed by atoms with Crippen LogP contribution < -0.4 is 4.74 Å². The lowest BCUT2D eigenvalue weighted by molar-refractivity contribution is -0.276. The third kappa shape index (κ3) is 6.33. The number of rotatable bonds is 5. The van der Waals surface area contributed by atoms with Gasteiger partial charge in [0.2, 0.25) is 5.75 Å². The van der Waals surface area contributed by atoms with Crippen LogP contribution >= 0.6 is 0 Å². The van der Waals surface area contributed by atoms with Crippen LogP contribution in [0.4, 0.5) is 22.0 Å². The van der Waals surface area contributed by atoms with Gasteiger partial charge in [0.15, 0.2) is 11.6 Å². The molecule has 0 amide bonds. The molecule has 0 radical (unpaired) electrons. The predicted molar refractivity (Wildman–Crippen MR) is 127 cm³/mol. The van der Waals surface area contributed by atoms with Crippen LogP contribution in [0, 0.1) is 29.4 Å². The molecule has 1 saturated carbocycles. The quantitative estimate of drug-likeness (QED) is 0.258. The van der Waals surface area contributed by atoms with E-state index < -0.39 is 23.7 Å². The molecular weight excluding hydrogens is 459 g/mol. The Labute approximate surface area is 202 Å². The van der Waals surface area contributed by atoms with Crippen molar-refractivity contribution in [3.8, 4) is 17.6 Å². The fourth-order valence-corrected chi connectivity index (χ4v) is 4.86. The molecule has 0 heterocycles. The molecular formula is C29H27F5O. The highest BCUT2D eigenvalue weighted by atomic mass is 19.4. The van der Waals surface area contributed by atoms with E-state index >= 15 is 0 Å². The summed E-state index contributed by atoms with van der Waals surface area (Å²) in [6, 6.07) is 13.2. The maximum Gasteiger partial charge on any atom is 0.573 e. The summed E-state index contributed by atoms with van der Waals surface area (Å²) in [4.78, 5) is 0. The van der Waals surface area contributed by atoms with Gasteiger partial charge >= 0.3 is 6.36 Å². The van der Waals surface area contributed by atoms with E-state index in [1.54, 1.807) is 0 Å². The molecule has 0 unspecified atom stereocenters. The van der Waals surface area contributed by atoms with Gasteiger partial charge in [0.1, 0.15) is 0 Å². The Hall–Kier alpha value is -3.07. The first-order valence-corrected chi connectivity index (χ1v) is 12.0. The predicted octanol–water partition coefficient (Wildman–Crippen LogP) is 8.88. The van der Waals surface area contributed by atoms with Crippen LogP contribution in [0.25, 0.3) is 10.8 Å². The number of benzene rings is 3. The first kappa shape index (κ1) is 25.0. The van der Waals surface area contributed by atoms with Gasteiger partial charge in [-0.25, -0.2) is 8.78 Å². The lowest BCUT2D eigenvalue weighted by Crippen LogP contribution is -2.19. The average Bonchev–Trinajstić information content (AvgIpc) is 2.84. The zero-order valence-electron chi connectivity index (χ0n) is 19.5. The molecule has 0 saturated heterocycles. The van der Waals surface area contributed by atoms with Crippen molar-refractivity contribution < 1.29 is 26.7 Å². The first-order valence-electron chi connectivity index (χ1n) is 12.0. The number of hydrogen-bond donors (Lipinski definition) is 0. The van der Waals surface area contributed by atoms with Gasteiger partial charge in [-0.15, -0.1) is 13.2 Å². The molecule has 1 aliphatic rings. The maximum absolute atomic E-state index is 14.4. The normalized spacial score (nSPS) is 18.2. The molecule has 0 atom stereocenters. The fraction of sp³-hybridized carbons (Fsp3) is 0.379. The summed E-state index contributed by atoms with van der Waals surface area (Å²) in [6.07, 6.45) is 3.75. The summed E-state index contributed by atoms with van der Waals surface area (Å²) < 4.78 is 69.3. The van der Waals surface area contributed by atoms with E-state index in [1.807, 2.05) is 12.1 Å². The van der Waals surface area contributed by atoms with Crippen molar-refractivity contribution in [2.45, 2.75) is 64.1 Å². The second-order valence-corrected chi connectivity index (χ2v) is 9.22. The van der Waals surface area contributed by atoms with E-state index in [1.165, 1.54) is 68.7 Å². The number of hydrogen-bond acceptors (Lipinski definition) is 1. The molecule has 35 heavy (non-hydrogen) atoms. The largest absolute Gasteiger partial charge is 0.573 e. The van der Waals surface area contributed by atoms with Crippen molar-refractivity contribution in [2.75, 3.05) is 0 Å². The van der Waals surface area contributed by atoms with Crippen molar-refractivity contribution in [2.24, 2.45) is 5.92 Å². The minimum Gasteiger partial charge on any atom is -0.399 e. The highest BCUT2D eigenvalue weighted by Crippen LogP contribution is 2.38. The van der Waals surface area contributed by atoms with E-state index in [9.17, 15) is 22.0 Å². The number of fused-ring (bicyclic) bond motifs is 1. The summed E-state index contributed by atoms with van der Waals surface area (Å²) in [5, 5.41) is -0.0730. The fourth-order valence-electron chi connectivity index (χ4n) is 4.86. The van der Waals surface area contributed by atoms with Crippen molar-refractivity contribution in [3.63, 3.8) is 0 Å². The van der Waals surface area contributed by atoms with Crippen LogP contribution in [0.3, 0.4) is 0 Å². The maximum atomic E-state index is 14.4. The molecule has 0 aliphatic heterocycles. The zero-order valence-corrected chi connectivity index (χ0v) is 19.5. The van der Waals surface area contributed by atoms with Crippen LogP contribution in [-0.2, 0) is 0 Å². The molecule has 1 aliphatic carbocycles. The smallest absolute Gasteiger partial charge is 0.399 e. The SMILES string of the molecule is CCCCC1CCC(c2ccc(C#Cc3ccc4c(F)c(OC(F)(F)F)c(F)cc4c3)cc2)CC1. The summed E-state index contributed by atoms with van der Waals surface area (Å²) in [6.45, 7) is 2.24. The minimum atomic E-state index is -5.19. The molecule has 3 aromatic rings. The van der Waals surface area contributed by atoms with Gasteiger partial charge in [-0.3, -0.25) is 0 Å². The number of alkyl halides is 3. The number of unbranched alkanes of at least 4 members (excludes halogenated alkanes) is 1. The number of halogens is 5. The number of ether oxygens (including phenoxy) is 1. The second-order valence-electron chi connectivity index (χ2n) is 9.22. The summed E-state index contributed by atoms with van der Waals surface area (Å²) in [7, 11) is 0. The Kier molecular flexibility index (Phi) is 7.64.